The van der Waals surface area contributed by atoms with Crippen molar-refractivity contribution in [1.29, 1.82) is 0 Å². The molecule has 0 fully saturated rings. The molecule has 0 spiro atoms. The maximum Gasteiger partial charge on any atom is 0.140 e. The first-order chi connectivity index (χ1) is 9.13. The van der Waals surface area contributed by atoms with Crippen LogP contribution in [0.15, 0.2) is 29.6 Å². The Hall–Kier alpha value is -1.10. The van der Waals surface area contributed by atoms with Gasteiger partial charge in [0.1, 0.15) is 17.4 Å². The fraction of sp³-hybridized carbons (Fsp3) is 0.357. The molecule has 3 nitrogen and oxygen atoms in total. The molecule has 0 aliphatic carbocycles. The molecular weight excluding hydrogens is 280 g/mol. The van der Waals surface area contributed by atoms with Crippen LogP contribution in [0.25, 0.3) is 0 Å². The van der Waals surface area contributed by atoms with Crippen molar-refractivity contribution in [2.24, 2.45) is 0 Å². The summed E-state index contributed by atoms with van der Waals surface area (Å²) in [5.74, 6) is 0.768. The summed E-state index contributed by atoms with van der Waals surface area (Å²) < 4.78 is 5.65. The van der Waals surface area contributed by atoms with E-state index in [1.807, 2.05) is 18.2 Å². The van der Waals surface area contributed by atoms with Crippen LogP contribution in [0.1, 0.15) is 24.5 Å². The zero-order chi connectivity index (χ0) is 13.7. The number of rotatable bonds is 6. The number of nitrogens with one attached hydrogen (secondary N) is 1. The Morgan fingerprint density at radius 2 is 2.26 bits per heavy atom. The van der Waals surface area contributed by atoms with Gasteiger partial charge in [0.2, 0.25) is 0 Å². The van der Waals surface area contributed by atoms with E-state index in [0.717, 1.165) is 23.0 Å². The lowest BCUT2D eigenvalue weighted by molar-refractivity contribution is 0.305. The Morgan fingerprint density at radius 3 is 3.00 bits per heavy atom. The van der Waals surface area contributed by atoms with E-state index in [-0.39, 0.29) is 0 Å². The van der Waals surface area contributed by atoms with Gasteiger partial charge in [0.15, 0.2) is 0 Å². The maximum atomic E-state index is 5.90. The average molecular weight is 297 g/mol. The first kappa shape index (κ1) is 14.3. The number of benzene rings is 1. The third-order valence-corrected chi connectivity index (χ3v) is 3.56. The Bertz CT molecular complexity index is 528. The topological polar surface area (TPSA) is 34.1 Å². The SMILES string of the molecule is CC(C)NCc1csc(COc2cccc(Cl)c2)n1. The van der Waals surface area contributed by atoms with Gasteiger partial charge in [-0.3, -0.25) is 0 Å². The summed E-state index contributed by atoms with van der Waals surface area (Å²) in [6, 6.07) is 7.86. The van der Waals surface area contributed by atoms with Gasteiger partial charge in [0.25, 0.3) is 0 Å². The summed E-state index contributed by atoms with van der Waals surface area (Å²) in [5, 5.41) is 7.06. The van der Waals surface area contributed by atoms with E-state index in [1.165, 1.54) is 0 Å². The van der Waals surface area contributed by atoms with Crippen molar-refractivity contribution < 1.29 is 4.74 Å². The standard InChI is InChI=1S/C14H17ClN2OS/c1-10(2)16-7-12-9-19-14(17-12)8-18-13-5-3-4-11(15)6-13/h3-6,9-10,16H,7-8H2,1-2H3. The van der Waals surface area contributed by atoms with Crippen molar-refractivity contribution in [2.45, 2.75) is 33.0 Å². The number of halogens is 1. The van der Waals surface area contributed by atoms with Crippen LogP contribution in [0.3, 0.4) is 0 Å². The molecule has 5 heteroatoms. The minimum atomic E-state index is 0.466. The minimum Gasteiger partial charge on any atom is -0.486 e. The van der Waals surface area contributed by atoms with Gasteiger partial charge >= 0.3 is 0 Å². The van der Waals surface area contributed by atoms with Crippen molar-refractivity contribution in [2.75, 3.05) is 0 Å². The van der Waals surface area contributed by atoms with Gasteiger partial charge in [-0.15, -0.1) is 11.3 Å². The van der Waals surface area contributed by atoms with Crippen LogP contribution < -0.4 is 10.1 Å². The van der Waals surface area contributed by atoms with Crippen molar-refractivity contribution in [1.82, 2.24) is 10.3 Å². The fourth-order valence-corrected chi connectivity index (χ4v) is 2.39. The number of nitrogens with zero attached hydrogens (tertiary/aromatic N) is 1. The number of hydrogen-bond acceptors (Lipinski definition) is 4. The van der Waals surface area contributed by atoms with E-state index in [0.29, 0.717) is 17.7 Å². The molecule has 0 bridgehead atoms. The van der Waals surface area contributed by atoms with Crippen molar-refractivity contribution in [3.8, 4) is 5.75 Å². The Labute approximate surface area is 122 Å². The molecule has 1 N–H and O–H groups in total. The van der Waals surface area contributed by atoms with Crippen LogP contribution in [0.2, 0.25) is 5.02 Å². The molecule has 102 valence electrons. The molecular formula is C14H17ClN2OS. The lowest BCUT2D eigenvalue weighted by atomic mass is 10.3. The molecule has 0 unspecified atom stereocenters. The molecule has 0 saturated heterocycles. The summed E-state index contributed by atoms with van der Waals surface area (Å²) in [6.45, 7) is 5.52. The molecule has 0 aliphatic heterocycles. The van der Waals surface area contributed by atoms with Crippen LogP contribution in [-0.4, -0.2) is 11.0 Å². The molecule has 2 rings (SSSR count). The average Bonchev–Trinajstić information content (AvgIpc) is 2.82. The highest BCUT2D eigenvalue weighted by atomic mass is 35.5. The van der Waals surface area contributed by atoms with Gasteiger partial charge in [-0.05, 0) is 18.2 Å². The predicted octanol–water partition coefficient (Wildman–Crippen LogP) is 3.87. The van der Waals surface area contributed by atoms with Gasteiger partial charge in [0, 0.05) is 23.0 Å². The highest BCUT2D eigenvalue weighted by Crippen LogP contribution is 2.19. The van der Waals surface area contributed by atoms with Crippen LogP contribution in [0.5, 0.6) is 5.75 Å². The van der Waals surface area contributed by atoms with E-state index in [1.54, 1.807) is 17.4 Å². The molecule has 0 saturated carbocycles. The van der Waals surface area contributed by atoms with Gasteiger partial charge in [-0.2, -0.15) is 0 Å². The first-order valence-corrected chi connectivity index (χ1v) is 7.44. The quantitative estimate of drug-likeness (QED) is 0.878. The number of aromatic nitrogens is 1. The van der Waals surface area contributed by atoms with Crippen molar-refractivity contribution >= 4 is 22.9 Å². The molecule has 0 amide bonds. The highest BCUT2D eigenvalue weighted by molar-refractivity contribution is 7.09. The summed E-state index contributed by atoms with van der Waals surface area (Å²) in [7, 11) is 0. The molecule has 0 atom stereocenters. The molecule has 0 radical (unpaired) electrons. The molecule has 0 aliphatic rings. The van der Waals surface area contributed by atoms with Gasteiger partial charge in [-0.1, -0.05) is 31.5 Å². The largest absolute Gasteiger partial charge is 0.486 e. The number of hydrogen-bond donors (Lipinski definition) is 1. The zero-order valence-corrected chi connectivity index (χ0v) is 12.6. The summed E-state index contributed by atoms with van der Waals surface area (Å²) in [5.41, 5.74) is 1.06. The van der Waals surface area contributed by atoms with Crippen LogP contribution in [-0.2, 0) is 13.2 Å². The molecule has 1 aromatic carbocycles. The molecule has 1 aromatic heterocycles. The van der Waals surface area contributed by atoms with Gasteiger partial charge in [0.05, 0.1) is 5.69 Å². The second-order valence-electron chi connectivity index (χ2n) is 4.51. The van der Waals surface area contributed by atoms with E-state index < -0.39 is 0 Å². The number of thiazole rings is 1. The third-order valence-electron chi connectivity index (χ3n) is 2.45. The normalized spacial score (nSPS) is 10.9. The second kappa shape index (κ2) is 6.89. The molecule has 19 heavy (non-hydrogen) atoms. The first-order valence-electron chi connectivity index (χ1n) is 6.18. The maximum absolute atomic E-state index is 5.90. The third kappa shape index (κ3) is 4.82. The fourth-order valence-electron chi connectivity index (χ4n) is 1.51. The summed E-state index contributed by atoms with van der Waals surface area (Å²) in [6.07, 6.45) is 0. The van der Waals surface area contributed by atoms with Crippen LogP contribution >= 0.6 is 22.9 Å². The van der Waals surface area contributed by atoms with E-state index in [4.69, 9.17) is 16.3 Å². The number of ether oxygens (including phenoxy) is 1. The Balaban J connectivity index is 1.86. The van der Waals surface area contributed by atoms with E-state index in [9.17, 15) is 0 Å². The van der Waals surface area contributed by atoms with Crippen LogP contribution in [0, 0.1) is 0 Å². The predicted molar refractivity (Wildman–Crippen MR) is 79.9 cm³/mol. The molecule has 1 heterocycles. The Kier molecular flexibility index (Phi) is 5.19. The second-order valence-corrected chi connectivity index (χ2v) is 5.89. The summed E-state index contributed by atoms with van der Waals surface area (Å²) in [4.78, 5) is 4.52. The van der Waals surface area contributed by atoms with Crippen LogP contribution in [0.4, 0.5) is 0 Å². The monoisotopic (exact) mass is 296 g/mol. The van der Waals surface area contributed by atoms with E-state index >= 15 is 0 Å². The lowest BCUT2D eigenvalue weighted by Gasteiger charge is -2.05. The van der Waals surface area contributed by atoms with Gasteiger partial charge in [-0.25, -0.2) is 4.98 Å². The van der Waals surface area contributed by atoms with Gasteiger partial charge < -0.3 is 10.1 Å². The lowest BCUT2D eigenvalue weighted by Crippen LogP contribution is -2.21. The minimum absolute atomic E-state index is 0.466. The Morgan fingerprint density at radius 1 is 1.42 bits per heavy atom. The highest BCUT2D eigenvalue weighted by Gasteiger charge is 2.04. The summed E-state index contributed by atoms with van der Waals surface area (Å²) >= 11 is 7.52. The smallest absolute Gasteiger partial charge is 0.140 e. The molecule has 2 aromatic rings. The van der Waals surface area contributed by atoms with Crippen molar-refractivity contribution in [3.63, 3.8) is 0 Å². The zero-order valence-electron chi connectivity index (χ0n) is 11.0. The van der Waals surface area contributed by atoms with Crippen molar-refractivity contribution in [3.05, 3.63) is 45.4 Å². The van der Waals surface area contributed by atoms with E-state index in [2.05, 4.69) is 29.5 Å².